The molecule has 6 heteroatoms. The third-order valence-corrected chi connectivity index (χ3v) is 3.88. The van der Waals surface area contributed by atoms with Gasteiger partial charge in [-0.05, 0) is 37.6 Å². The molecule has 2 aromatic rings. The molecule has 0 fully saturated rings. The minimum atomic E-state index is -0.0742. The van der Waals surface area contributed by atoms with Gasteiger partial charge >= 0.3 is 0 Å². The minimum Gasteiger partial charge on any atom is -0.490 e. The van der Waals surface area contributed by atoms with E-state index in [1.807, 2.05) is 37.4 Å². The quantitative estimate of drug-likeness (QED) is 0.685. The van der Waals surface area contributed by atoms with E-state index in [-0.39, 0.29) is 5.91 Å². The van der Waals surface area contributed by atoms with Crippen molar-refractivity contribution < 1.29 is 14.3 Å². The average Bonchev–Trinajstić information content (AvgIpc) is 3.08. The lowest BCUT2D eigenvalue weighted by Gasteiger charge is -2.13. The summed E-state index contributed by atoms with van der Waals surface area (Å²) in [5.41, 5.74) is 3.54. The monoisotopic (exact) mass is 346 g/mol. The van der Waals surface area contributed by atoms with Crippen molar-refractivity contribution in [2.24, 2.45) is 0 Å². The summed E-state index contributed by atoms with van der Waals surface area (Å²) in [6.07, 6.45) is 3.33. The molecular formula is C18H22N2O3S. The van der Waals surface area contributed by atoms with Crippen LogP contribution in [0.5, 0.6) is 11.5 Å². The molecule has 0 aliphatic carbocycles. The Morgan fingerprint density at radius 3 is 2.67 bits per heavy atom. The SMILES string of the molecule is CCOc1ccc(/C=C/C(=O)N(C)Cc2cscn2)cc1OCC. The second kappa shape index (κ2) is 9.08. The van der Waals surface area contributed by atoms with Crippen molar-refractivity contribution in [3.63, 3.8) is 0 Å². The standard InChI is InChI=1S/C18H22N2O3S/c1-4-22-16-8-6-14(10-17(16)23-5-2)7-9-18(21)20(3)11-15-12-24-13-19-15/h6-10,12-13H,4-5,11H2,1-3H3/b9-7+. The fraction of sp³-hybridized carbons (Fsp3) is 0.333. The van der Waals surface area contributed by atoms with Gasteiger partial charge in [0.05, 0.1) is 31.0 Å². The fourth-order valence-electron chi connectivity index (χ4n) is 2.10. The van der Waals surface area contributed by atoms with Crippen LogP contribution in [0.15, 0.2) is 35.2 Å². The number of aromatic nitrogens is 1. The normalized spacial score (nSPS) is 10.8. The van der Waals surface area contributed by atoms with Gasteiger partial charge in [-0.1, -0.05) is 6.07 Å². The lowest BCUT2D eigenvalue weighted by atomic mass is 10.2. The molecule has 5 nitrogen and oxygen atoms in total. The molecule has 0 bridgehead atoms. The van der Waals surface area contributed by atoms with Crippen LogP contribution in [0.25, 0.3) is 6.08 Å². The van der Waals surface area contributed by atoms with Gasteiger partial charge in [-0.25, -0.2) is 4.98 Å². The number of likely N-dealkylation sites (N-methyl/N-ethyl adjacent to an activating group) is 1. The molecule has 0 radical (unpaired) electrons. The van der Waals surface area contributed by atoms with E-state index in [4.69, 9.17) is 9.47 Å². The Bertz CT molecular complexity index is 684. The summed E-state index contributed by atoms with van der Waals surface area (Å²) >= 11 is 1.52. The van der Waals surface area contributed by atoms with Crippen LogP contribution in [-0.2, 0) is 11.3 Å². The van der Waals surface area contributed by atoms with Gasteiger partial charge in [-0.15, -0.1) is 11.3 Å². The number of carbonyl (C=O) groups excluding carboxylic acids is 1. The first-order valence-electron chi connectivity index (χ1n) is 7.84. The van der Waals surface area contributed by atoms with Gasteiger partial charge in [0.1, 0.15) is 0 Å². The third-order valence-electron chi connectivity index (χ3n) is 3.24. The van der Waals surface area contributed by atoms with Crippen molar-refractivity contribution in [1.29, 1.82) is 0 Å². The zero-order valence-electron chi connectivity index (χ0n) is 14.2. The first-order chi connectivity index (χ1) is 11.6. The molecule has 1 heterocycles. The van der Waals surface area contributed by atoms with Crippen LogP contribution in [0.4, 0.5) is 0 Å². The number of rotatable bonds is 8. The number of thiazole rings is 1. The zero-order valence-corrected chi connectivity index (χ0v) is 15.0. The molecule has 128 valence electrons. The molecule has 1 amide bonds. The van der Waals surface area contributed by atoms with Crippen LogP contribution in [0.2, 0.25) is 0 Å². The summed E-state index contributed by atoms with van der Waals surface area (Å²) in [5.74, 6) is 1.32. The molecule has 1 aromatic carbocycles. The van der Waals surface area contributed by atoms with Gasteiger partial charge < -0.3 is 14.4 Å². The largest absolute Gasteiger partial charge is 0.490 e. The maximum absolute atomic E-state index is 12.2. The molecule has 0 atom stereocenters. The predicted octanol–water partition coefficient (Wildman–Crippen LogP) is 3.61. The molecule has 2 rings (SSSR count). The van der Waals surface area contributed by atoms with Gasteiger partial charge in [0, 0.05) is 18.5 Å². The predicted molar refractivity (Wildman–Crippen MR) is 96.4 cm³/mol. The smallest absolute Gasteiger partial charge is 0.246 e. The highest BCUT2D eigenvalue weighted by molar-refractivity contribution is 7.07. The Hall–Kier alpha value is -2.34. The topological polar surface area (TPSA) is 51.7 Å². The second-order valence-corrected chi connectivity index (χ2v) is 5.80. The maximum Gasteiger partial charge on any atom is 0.246 e. The van der Waals surface area contributed by atoms with E-state index in [0.29, 0.717) is 31.3 Å². The highest BCUT2D eigenvalue weighted by Gasteiger charge is 2.08. The van der Waals surface area contributed by atoms with Gasteiger partial charge in [0.15, 0.2) is 11.5 Å². The molecule has 0 saturated carbocycles. The molecule has 0 aliphatic heterocycles. The van der Waals surface area contributed by atoms with Crippen LogP contribution in [0.1, 0.15) is 25.1 Å². The van der Waals surface area contributed by atoms with E-state index in [0.717, 1.165) is 11.3 Å². The number of benzene rings is 1. The molecule has 0 unspecified atom stereocenters. The van der Waals surface area contributed by atoms with Crippen LogP contribution >= 0.6 is 11.3 Å². The summed E-state index contributed by atoms with van der Waals surface area (Å²) in [4.78, 5) is 18.0. The zero-order chi connectivity index (χ0) is 17.4. The summed E-state index contributed by atoms with van der Waals surface area (Å²) in [6, 6.07) is 5.63. The summed E-state index contributed by atoms with van der Waals surface area (Å²) in [5, 5.41) is 1.94. The van der Waals surface area contributed by atoms with E-state index in [1.165, 1.54) is 11.3 Å². The summed E-state index contributed by atoms with van der Waals surface area (Å²) < 4.78 is 11.1. The van der Waals surface area contributed by atoms with Crippen molar-refractivity contribution in [1.82, 2.24) is 9.88 Å². The average molecular weight is 346 g/mol. The van der Waals surface area contributed by atoms with Crippen molar-refractivity contribution >= 4 is 23.3 Å². The number of ether oxygens (including phenoxy) is 2. The molecular weight excluding hydrogens is 324 g/mol. The highest BCUT2D eigenvalue weighted by atomic mass is 32.1. The van der Waals surface area contributed by atoms with E-state index in [2.05, 4.69) is 4.98 Å². The van der Waals surface area contributed by atoms with Crippen molar-refractivity contribution in [2.45, 2.75) is 20.4 Å². The Balaban J connectivity index is 2.04. The Kier molecular flexibility index (Phi) is 6.81. The van der Waals surface area contributed by atoms with Gasteiger partial charge in [0.2, 0.25) is 5.91 Å². The number of carbonyl (C=O) groups is 1. The van der Waals surface area contributed by atoms with Crippen molar-refractivity contribution in [3.8, 4) is 11.5 Å². The van der Waals surface area contributed by atoms with Crippen LogP contribution in [0, 0.1) is 0 Å². The lowest BCUT2D eigenvalue weighted by Crippen LogP contribution is -2.24. The maximum atomic E-state index is 12.2. The van der Waals surface area contributed by atoms with Crippen molar-refractivity contribution in [2.75, 3.05) is 20.3 Å². The first-order valence-corrected chi connectivity index (χ1v) is 8.78. The minimum absolute atomic E-state index is 0.0742. The second-order valence-electron chi connectivity index (χ2n) is 5.08. The number of hydrogen-bond donors (Lipinski definition) is 0. The lowest BCUT2D eigenvalue weighted by molar-refractivity contribution is -0.125. The van der Waals surface area contributed by atoms with Crippen LogP contribution in [-0.4, -0.2) is 36.1 Å². The highest BCUT2D eigenvalue weighted by Crippen LogP contribution is 2.29. The van der Waals surface area contributed by atoms with Crippen LogP contribution < -0.4 is 9.47 Å². The molecule has 0 saturated heterocycles. The Morgan fingerprint density at radius 1 is 1.25 bits per heavy atom. The number of amides is 1. The van der Waals surface area contributed by atoms with E-state index < -0.39 is 0 Å². The van der Waals surface area contributed by atoms with Gasteiger partial charge in [-0.2, -0.15) is 0 Å². The fourth-order valence-corrected chi connectivity index (χ4v) is 2.65. The molecule has 0 spiro atoms. The van der Waals surface area contributed by atoms with Crippen LogP contribution in [0.3, 0.4) is 0 Å². The Labute approximate surface area is 146 Å². The van der Waals surface area contributed by atoms with E-state index in [1.54, 1.807) is 29.6 Å². The molecule has 24 heavy (non-hydrogen) atoms. The molecule has 1 aromatic heterocycles. The number of nitrogens with zero attached hydrogens (tertiary/aromatic N) is 2. The number of hydrogen-bond acceptors (Lipinski definition) is 5. The van der Waals surface area contributed by atoms with Crippen molar-refractivity contribution in [3.05, 3.63) is 46.4 Å². The van der Waals surface area contributed by atoms with Gasteiger partial charge in [-0.3, -0.25) is 4.79 Å². The summed E-state index contributed by atoms with van der Waals surface area (Å²) in [6.45, 7) is 5.49. The molecule has 0 aliphatic rings. The first kappa shape index (κ1) is 18.0. The van der Waals surface area contributed by atoms with E-state index in [9.17, 15) is 4.79 Å². The summed E-state index contributed by atoms with van der Waals surface area (Å²) in [7, 11) is 1.76. The van der Waals surface area contributed by atoms with E-state index >= 15 is 0 Å². The third kappa shape index (κ3) is 5.09. The Morgan fingerprint density at radius 2 is 2.00 bits per heavy atom. The molecule has 0 N–H and O–H groups in total. The van der Waals surface area contributed by atoms with Gasteiger partial charge in [0.25, 0.3) is 0 Å².